The standard InChI is InChI=1S/C17H20N4O4/c1-4-9(2)15(17(24)25-3)19-16(23)13-8-10(20-21-18)7-12-11(13)5-6-14(12)22/h7-9,15H,4-6H2,1-3H3,(H,19,23)/t9-,15-/m0/s1. The van der Waals surface area contributed by atoms with E-state index in [1.165, 1.54) is 19.2 Å². The molecule has 2 atom stereocenters. The first-order valence-electron chi connectivity index (χ1n) is 8.06. The minimum Gasteiger partial charge on any atom is -0.467 e. The highest BCUT2D eigenvalue weighted by Gasteiger charge is 2.30. The van der Waals surface area contributed by atoms with E-state index in [1.807, 2.05) is 13.8 Å². The fourth-order valence-electron chi connectivity index (χ4n) is 2.88. The number of esters is 1. The molecule has 132 valence electrons. The largest absolute Gasteiger partial charge is 0.467 e. The van der Waals surface area contributed by atoms with Gasteiger partial charge in [-0.25, -0.2) is 4.79 Å². The number of benzene rings is 1. The van der Waals surface area contributed by atoms with Gasteiger partial charge >= 0.3 is 5.97 Å². The van der Waals surface area contributed by atoms with Crippen LogP contribution in [0.1, 0.15) is 53.0 Å². The Morgan fingerprint density at radius 3 is 2.72 bits per heavy atom. The number of amides is 1. The van der Waals surface area contributed by atoms with Crippen LogP contribution in [-0.4, -0.2) is 30.8 Å². The fraction of sp³-hybridized carbons (Fsp3) is 0.471. The Labute approximate surface area is 145 Å². The molecule has 1 aliphatic carbocycles. The summed E-state index contributed by atoms with van der Waals surface area (Å²) in [5, 5.41) is 6.19. The number of carbonyl (C=O) groups is 3. The summed E-state index contributed by atoms with van der Waals surface area (Å²) in [5.74, 6) is -1.23. The van der Waals surface area contributed by atoms with Crippen LogP contribution in [0.3, 0.4) is 0 Å². The van der Waals surface area contributed by atoms with Crippen LogP contribution in [0.15, 0.2) is 17.2 Å². The number of ether oxygens (including phenoxy) is 1. The van der Waals surface area contributed by atoms with E-state index < -0.39 is 17.9 Å². The molecule has 2 rings (SSSR count). The summed E-state index contributed by atoms with van der Waals surface area (Å²) in [6, 6.07) is 2.14. The molecule has 0 unspecified atom stereocenters. The van der Waals surface area contributed by atoms with Crippen molar-refractivity contribution in [1.29, 1.82) is 0 Å². The highest BCUT2D eigenvalue weighted by molar-refractivity contribution is 6.07. The Morgan fingerprint density at radius 1 is 1.40 bits per heavy atom. The molecule has 1 amide bonds. The summed E-state index contributed by atoms with van der Waals surface area (Å²) in [6.45, 7) is 3.75. The fourth-order valence-corrected chi connectivity index (χ4v) is 2.88. The van der Waals surface area contributed by atoms with Crippen LogP contribution >= 0.6 is 0 Å². The van der Waals surface area contributed by atoms with Crippen molar-refractivity contribution in [3.05, 3.63) is 39.3 Å². The van der Waals surface area contributed by atoms with Crippen molar-refractivity contribution >= 4 is 23.3 Å². The molecule has 0 aliphatic heterocycles. The summed E-state index contributed by atoms with van der Waals surface area (Å²) < 4.78 is 4.77. The third-order valence-electron chi connectivity index (χ3n) is 4.50. The third kappa shape index (κ3) is 3.80. The molecule has 1 N–H and O–H groups in total. The summed E-state index contributed by atoms with van der Waals surface area (Å²) in [5.41, 5.74) is 10.1. The highest BCUT2D eigenvalue weighted by atomic mass is 16.5. The Morgan fingerprint density at radius 2 is 2.12 bits per heavy atom. The van der Waals surface area contributed by atoms with Crippen LogP contribution in [0.4, 0.5) is 5.69 Å². The van der Waals surface area contributed by atoms with Gasteiger partial charge in [-0.3, -0.25) is 9.59 Å². The molecule has 0 saturated carbocycles. The van der Waals surface area contributed by atoms with E-state index >= 15 is 0 Å². The lowest BCUT2D eigenvalue weighted by atomic mass is 9.97. The van der Waals surface area contributed by atoms with Crippen LogP contribution < -0.4 is 5.32 Å². The SMILES string of the molecule is CC[C@H](C)[C@H](NC(=O)c1cc(N=[N+]=[N-])cc2c1CCC2=O)C(=O)OC. The summed E-state index contributed by atoms with van der Waals surface area (Å²) in [6.07, 6.45) is 1.43. The van der Waals surface area contributed by atoms with Crippen LogP contribution in [0, 0.1) is 5.92 Å². The van der Waals surface area contributed by atoms with Gasteiger partial charge in [0.1, 0.15) is 6.04 Å². The van der Waals surface area contributed by atoms with Crippen molar-refractivity contribution < 1.29 is 19.1 Å². The van der Waals surface area contributed by atoms with Crippen molar-refractivity contribution in [3.63, 3.8) is 0 Å². The molecule has 1 aromatic rings. The number of hydrogen-bond donors (Lipinski definition) is 1. The normalized spacial score (nSPS) is 14.9. The molecular formula is C17H20N4O4. The van der Waals surface area contributed by atoms with Crippen LogP contribution in [-0.2, 0) is 16.0 Å². The van der Waals surface area contributed by atoms with Crippen molar-refractivity contribution in [3.8, 4) is 0 Å². The van der Waals surface area contributed by atoms with Gasteiger partial charge in [-0.05, 0) is 35.6 Å². The first-order valence-corrected chi connectivity index (χ1v) is 8.06. The van der Waals surface area contributed by atoms with Crippen LogP contribution in [0.5, 0.6) is 0 Å². The summed E-state index contributed by atoms with van der Waals surface area (Å²) in [4.78, 5) is 39.4. The van der Waals surface area contributed by atoms with E-state index in [0.29, 0.717) is 30.4 Å². The quantitative estimate of drug-likeness (QED) is 0.369. The molecule has 0 spiro atoms. The van der Waals surface area contributed by atoms with E-state index in [0.717, 1.165) is 0 Å². The lowest BCUT2D eigenvalue weighted by molar-refractivity contribution is -0.144. The van der Waals surface area contributed by atoms with E-state index in [9.17, 15) is 14.4 Å². The predicted octanol–water partition coefficient (Wildman–Crippen LogP) is 3.07. The smallest absolute Gasteiger partial charge is 0.328 e. The number of methoxy groups -OCH3 is 1. The monoisotopic (exact) mass is 344 g/mol. The molecule has 0 fully saturated rings. The molecule has 1 aliphatic rings. The van der Waals surface area contributed by atoms with Crippen LogP contribution in [0.25, 0.3) is 10.4 Å². The number of rotatable bonds is 6. The zero-order valence-electron chi connectivity index (χ0n) is 14.4. The van der Waals surface area contributed by atoms with Gasteiger partial charge < -0.3 is 10.1 Å². The van der Waals surface area contributed by atoms with Gasteiger partial charge in [0, 0.05) is 28.1 Å². The average molecular weight is 344 g/mol. The van der Waals surface area contributed by atoms with E-state index in [2.05, 4.69) is 15.3 Å². The lowest BCUT2D eigenvalue weighted by Gasteiger charge is -2.22. The van der Waals surface area contributed by atoms with Gasteiger partial charge in [-0.15, -0.1) is 0 Å². The van der Waals surface area contributed by atoms with E-state index in [-0.39, 0.29) is 23.0 Å². The lowest BCUT2D eigenvalue weighted by Crippen LogP contribution is -2.45. The summed E-state index contributed by atoms with van der Waals surface area (Å²) >= 11 is 0. The number of nitrogens with one attached hydrogen (secondary N) is 1. The van der Waals surface area contributed by atoms with Gasteiger partial charge in [-0.1, -0.05) is 25.4 Å². The van der Waals surface area contributed by atoms with Crippen molar-refractivity contribution in [2.75, 3.05) is 7.11 Å². The Balaban J connectivity index is 2.41. The maximum atomic E-state index is 12.8. The number of nitrogens with zero attached hydrogens (tertiary/aromatic N) is 3. The maximum absolute atomic E-state index is 12.8. The number of hydrogen-bond acceptors (Lipinski definition) is 5. The minimum atomic E-state index is -0.793. The molecule has 0 radical (unpaired) electrons. The second-order valence-electron chi connectivity index (χ2n) is 5.99. The molecular weight excluding hydrogens is 324 g/mol. The predicted molar refractivity (Wildman–Crippen MR) is 90.6 cm³/mol. The van der Waals surface area contributed by atoms with E-state index in [1.54, 1.807) is 0 Å². The third-order valence-corrected chi connectivity index (χ3v) is 4.50. The second-order valence-corrected chi connectivity index (χ2v) is 5.99. The first-order chi connectivity index (χ1) is 11.9. The molecule has 0 aromatic heterocycles. The Kier molecular flexibility index (Phi) is 5.77. The molecule has 0 heterocycles. The number of carbonyl (C=O) groups excluding carboxylic acids is 3. The zero-order chi connectivity index (χ0) is 18.6. The molecule has 0 bridgehead atoms. The van der Waals surface area contributed by atoms with Gasteiger partial charge in [0.05, 0.1) is 7.11 Å². The zero-order valence-corrected chi connectivity index (χ0v) is 14.4. The molecule has 8 heteroatoms. The van der Waals surface area contributed by atoms with Crippen molar-refractivity contribution in [2.45, 2.75) is 39.2 Å². The minimum absolute atomic E-state index is 0.0921. The maximum Gasteiger partial charge on any atom is 0.328 e. The van der Waals surface area contributed by atoms with E-state index in [4.69, 9.17) is 10.3 Å². The average Bonchev–Trinajstić information content (AvgIpc) is 2.99. The van der Waals surface area contributed by atoms with Gasteiger partial charge in [0.2, 0.25) is 0 Å². The number of Topliss-reactive ketones (excluding diaryl/α,β-unsaturated/α-hetero) is 1. The number of ketones is 1. The molecule has 0 saturated heterocycles. The van der Waals surface area contributed by atoms with Gasteiger partial charge in [0.15, 0.2) is 5.78 Å². The van der Waals surface area contributed by atoms with Gasteiger partial charge in [0.25, 0.3) is 5.91 Å². The molecule has 8 nitrogen and oxygen atoms in total. The molecule has 25 heavy (non-hydrogen) atoms. The second kappa shape index (κ2) is 7.81. The first kappa shape index (κ1) is 18.5. The topological polar surface area (TPSA) is 121 Å². The van der Waals surface area contributed by atoms with Crippen molar-refractivity contribution in [2.24, 2.45) is 11.0 Å². The Bertz CT molecular complexity index is 768. The number of azide groups is 1. The summed E-state index contributed by atoms with van der Waals surface area (Å²) in [7, 11) is 1.27. The highest BCUT2D eigenvalue weighted by Crippen LogP contribution is 2.30. The number of fused-ring (bicyclic) bond motifs is 1. The van der Waals surface area contributed by atoms with Crippen LogP contribution in [0.2, 0.25) is 0 Å². The molecule has 1 aromatic carbocycles. The van der Waals surface area contributed by atoms with Gasteiger partial charge in [-0.2, -0.15) is 0 Å². The van der Waals surface area contributed by atoms with Crippen molar-refractivity contribution in [1.82, 2.24) is 5.32 Å². The Hall–Kier alpha value is -2.86.